The molecule has 0 saturated heterocycles. The van der Waals surface area contributed by atoms with Gasteiger partial charge in [-0.3, -0.25) is 0 Å². The van der Waals surface area contributed by atoms with E-state index >= 15 is 0 Å². The number of hydrogen-bond acceptors (Lipinski definition) is 3. The van der Waals surface area contributed by atoms with Gasteiger partial charge in [-0.2, -0.15) is 4.31 Å². The predicted octanol–water partition coefficient (Wildman–Crippen LogP) is 3.85. The van der Waals surface area contributed by atoms with Gasteiger partial charge in [0.2, 0.25) is 10.0 Å². The van der Waals surface area contributed by atoms with Crippen LogP contribution in [0.1, 0.15) is 27.7 Å². The fourth-order valence-corrected chi connectivity index (χ4v) is 5.80. The van der Waals surface area contributed by atoms with Crippen molar-refractivity contribution in [2.45, 2.75) is 38.6 Å². The molecule has 1 unspecified atom stereocenters. The monoisotopic (exact) mass is 426 g/mol. The number of anilines is 1. The highest BCUT2D eigenvalue weighted by Gasteiger charge is 2.34. The third kappa shape index (κ3) is 3.55. The molecule has 0 aliphatic rings. The van der Waals surface area contributed by atoms with Crippen LogP contribution >= 0.6 is 31.9 Å². The maximum Gasteiger partial charge on any atom is 0.245 e. The molecule has 1 rings (SSSR count). The standard InChI is InChI=1S/C13H20Br2N2O2S/c1-8(13(2,3)4)17(5)20(18,19)12-10(14)6-9(16)7-11(12)15/h6-8H,16H2,1-5H3. The second kappa shape index (κ2) is 5.94. The number of nitrogens with two attached hydrogens (primary N) is 1. The van der Waals surface area contributed by atoms with Gasteiger partial charge in [-0.25, -0.2) is 8.42 Å². The molecule has 1 aromatic carbocycles. The summed E-state index contributed by atoms with van der Waals surface area (Å²) >= 11 is 6.57. The van der Waals surface area contributed by atoms with Crippen molar-refractivity contribution in [2.24, 2.45) is 5.41 Å². The summed E-state index contributed by atoms with van der Waals surface area (Å²) in [5.74, 6) is 0. The van der Waals surface area contributed by atoms with Crippen molar-refractivity contribution in [2.75, 3.05) is 12.8 Å². The zero-order valence-electron chi connectivity index (χ0n) is 12.2. The molecule has 0 aromatic heterocycles. The molecule has 0 aliphatic heterocycles. The molecule has 4 nitrogen and oxygen atoms in total. The fourth-order valence-electron chi connectivity index (χ4n) is 1.72. The Labute approximate surface area is 138 Å². The van der Waals surface area contributed by atoms with Crippen LogP contribution in [0.25, 0.3) is 0 Å². The topological polar surface area (TPSA) is 63.4 Å². The summed E-state index contributed by atoms with van der Waals surface area (Å²) in [7, 11) is -2.02. The Morgan fingerprint density at radius 2 is 1.60 bits per heavy atom. The quantitative estimate of drug-likeness (QED) is 0.745. The van der Waals surface area contributed by atoms with Crippen molar-refractivity contribution in [3.63, 3.8) is 0 Å². The van der Waals surface area contributed by atoms with E-state index in [-0.39, 0.29) is 16.4 Å². The minimum atomic E-state index is -3.62. The van der Waals surface area contributed by atoms with Crippen LogP contribution in [0.4, 0.5) is 5.69 Å². The van der Waals surface area contributed by atoms with Gasteiger partial charge < -0.3 is 5.73 Å². The van der Waals surface area contributed by atoms with E-state index in [1.807, 2.05) is 27.7 Å². The predicted molar refractivity (Wildman–Crippen MR) is 90.1 cm³/mol. The molecule has 114 valence electrons. The van der Waals surface area contributed by atoms with E-state index in [1.54, 1.807) is 19.2 Å². The Bertz CT molecular complexity index is 586. The molecule has 0 bridgehead atoms. The van der Waals surface area contributed by atoms with E-state index in [4.69, 9.17) is 5.73 Å². The zero-order valence-corrected chi connectivity index (χ0v) is 16.2. The van der Waals surface area contributed by atoms with Crippen molar-refractivity contribution >= 4 is 47.6 Å². The molecule has 0 heterocycles. The van der Waals surface area contributed by atoms with Crippen LogP contribution in [0, 0.1) is 5.41 Å². The minimum absolute atomic E-state index is 0.149. The van der Waals surface area contributed by atoms with Crippen LogP contribution in [0.15, 0.2) is 26.0 Å². The smallest absolute Gasteiger partial charge is 0.245 e. The Balaban J connectivity index is 3.39. The lowest BCUT2D eigenvalue weighted by Gasteiger charge is -2.34. The first-order chi connectivity index (χ1) is 8.89. The van der Waals surface area contributed by atoms with Gasteiger partial charge >= 0.3 is 0 Å². The second-order valence-electron chi connectivity index (χ2n) is 5.88. The number of nitrogen functional groups attached to an aromatic ring is 1. The number of hydrogen-bond donors (Lipinski definition) is 1. The maximum absolute atomic E-state index is 12.8. The third-order valence-electron chi connectivity index (χ3n) is 3.46. The second-order valence-corrected chi connectivity index (χ2v) is 9.52. The first kappa shape index (κ1) is 17.9. The third-order valence-corrected chi connectivity index (χ3v) is 7.26. The molecule has 2 N–H and O–H groups in total. The largest absolute Gasteiger partial charge is 0.399 e. The molecule has 0 fully saturated rings. The highest BCUT2D eigenvalue weighted by Crippen LogP contribution is 2.36. The number of benzene rings is 1. The van der Waals surface area contributed by atoms with Crippen LogP contribution < -0.4 is 5.73 Å². The first-order valence-corrected chi connectivity index (χ1v) is 9.14. The first-order valence-electron chi connectivity index (χ1n) is 6.11. The molecular formula is C13H20Br2N2O2S. The van der Waals surface area contributed by atoms with Gasteiger partial charge in [0.25, 0.3) is 0 Å². The van der Waals surface area contributed by atoms with E-state index in [0.29, 0.717) is 14.6 Å². The van der Waals surface area contributed by atoms with Crippen molar-refractivity contribution in [1.29, 1.82) is 0 Å². The van der Waals surface area contributed by atoms with E-state index in [0.717, 1.165) is 0 Å². The summed E-state index contributed by atoms with van der Waals surface area (Å²) in [6.07, 6.45) is 0. The van der Waals surface area contributed by atoms with E-state index < -0.39 is 10.0 Å². The number of halogens is 2. The van der Waals surface area contributed by atoms with Gasteiger partial charge in [0.1, 0.15) is 4.90 Å². The van der Waals surface area contributed by atoms with Gasteiger partial charge in [0, 0.05) is 27.7 Å². The van der Waals surface area contributed by atoms with Crippen molar-refractivity contribution in [3.8, 4) is 0 Å². The molecule has 0 aliphatic carbocycles. The van der Waals surface area contributed by atoms with Gasteiger partial charge in [0.15, 0.2) is 0 Å². The average molecular weight is 428 g/mol. The summed E-state index contributed by atoms with van der Waals surface area (Å²) < 4.78 is 27.9. The van der Waals surface area contributed by atoms with Crippen molar-refractivity contribution in [1.82, 2.24) is 4.31 Å². The van der Waals surface area contributed by atoms with Crippen LogP contribution in [-0.4, -0.2) is 25.8 Å². The van der Waals surface area contributed by atoms with E-state index in [9.17, 15) is 8.42 Å². The summed E-state index contributed by atoms with van der Waals surface area (Å²) in [5, 5.41) is 0. The van der Waals surface area contributed by atoms with Gasteiger partial charge in [-0.15, -0.1) is 0 Å². The molecule has 0 spiro atoms. The van der Waals surface area contributed by atoms with Crippen molar-refractivity contribution in [3.05, 3.63) is 21.1 Å². The average Bonchev–Trinajstić information content (AvgIpc) is 2.23. The Hall–Kier alpha value is -0.110. The Kier molecular flexibility index (Phi) is 5.33. The molecule has 20 heavy (non-hydrogen) atoms. The molecule has 7 heteroatoms. The Morgan fingerprint density at radius 1 is 1.20 bits per heavy atom. The molecule has 0 amide bonds. The van der Waals surface area contributed by atoms with Gasteiger partial charge in [0.05, 0.1) is 0 Å². The Morgan fingerprint density at radius 3 is 1.95 bits per heavy atom. The SMILES string of the molecule is CC(N(C)S(=O)(=O)c1c(Br)cc(N)cc1Br)C(C)(C)C. The van der Waals surface area contributed by atoms with Gasteiger partial charge in [-0.1, -0.05) is 20.8 Å². The highest BCUT2D eigenvalue weighted by atomic mass is 79.9. The molecular weight excluding hydrogens is 408 g/mol. The van der Waals surface area contributed by atoms with Crippen LogP contribution in [-0.2, 0) is 10.0 Å². The van der Waals surface area contributed by atoms with Crippen LogP contribution in [0.5, 0.6) is 0 Å². The van der Waals surface area contributed by atoms with E-state index in [2.05, 4.69) is 31.9 Å². The summed E-state index contributed by atoms with van der Waals surface area (Å²) in [6.45, 7) is 7.93. The zero-order chi connectivity index (χ0) is 15.9. The minimum Gasteiger partial charge on any atom is -0.399 e. The fraction of sp³-hybridized carbons (Fsp3) is 0.538. The number of sulfonamides is 1. The maximum atomic E-state index is 12.8. The molecule has 1 aromatic rings. The highest BCUT2D eigenvalue weighted by molar-refractivity contribution is 9.11. The number of nitrogens with zero attached hydrogens (tertiary/aromatic N) is 1. The van der Waals surface area contributed by atoms with Crippen LogP contribution in [0.2, 0.25) is 0 Å². The lowest BCUT2D eigenvalue weighted by atomic mass is 9.88. The lowest BCUT2D eigenvalue weighted by Crippen LogP contribution is -2.43. The lowest BCUT2D eigenvalue weighted by molar-refractivity contribution is 0.216. The summed E-state index contributed by atoms with van der Waals surface area (Å²) in [4.78, 5) is 0.199. The molecule has 0 saturated carbocycles. The number of rotatable bonds is 3. The normalized spacial score (nSPS) is 14.6. The van der Waals surface area contributed by atoms with E-state index in [1.165, 1.54) is 4.31 Å². The van der Waals surface area contributed by atoms with Gasteiger partial charge in [-0.05, 0) is 56.3 Å². The van der Waals surface area contributed by atoms with Crippen LogP contribution in [0.3, 0.4) is 0 Å². The summed E-state index contributed by atoms with van der Waals surface area (Å²) in [6, 6.07) is 3.03. The van der Waals surface area contributed by atoms with Crippen molar-refractivity contribution < 1.29 is 8.42 Å². The molecule has 1 atom stereocenters. The molecule has 0 radical (unpaired) electrons. The summed E-state index contributed by atoms with van der Waals surface area (Å²) in [5.41, 5.74) is 6.04.